The maximum Gasteiger partial charge on any atom is 0.485 e. The SMILES string of the molecule is Cc1ccc(-[n+]2c(-c3ccccc3)cc(-c3ccccc3)c(-c3ccccc3)c2-c2ccccc2)cc1Cl.O=S(=O)([O-])C(F)(F)F. The van der Waals surface area contributed by atoms with E-state index in [4.69, 9.17) is 24.6 Å². The van der Waals surface area contributed by atoms with Gasteiger partial charge >= 0.3 is 5.51 Å². The molecule has 0 radical (unpaired) electrons. The van der Waals surface area contributed by atoms with Crippen molar-refractivity contribution >= 4 is 21.7 Å². The van der Waals surface area contributed by atoms with Gasteiger partial charge in [-0.3, -0.25) is 0 Å². The first-order chi connectivity index (χ1) is 22.0. The predicted octanol–water partition coefficient (Wildman–Crippen LogP) is 9.64. The number of benzene rings is 5. The van der Waals surface area contributed by atoms with Crippen molar-refractivity contribution in [1.29, 1.82) is 0 Å². The molecule has 9 heteroatoms. The second-order valence-corrected chi connectivity index (χ2v) is 12.1. The summed E-state index contributed by atoms with van der Waals surface area (Å²) in [7, 11) is -6.09. The molecule has 0 aliphatic heterocycles. The van der Waals surface area contributed by atoms with Gasteiger partial charge in [0.2, 0.25) is 17.1 Å². The topological polar surface area (TPSA) is 61.1 Å². The summed E-state index contributed by atoms with van der Waals surface area (Å²) in [5.74, 6) is 0. The molecule has 0 aliphatic rings. The van der Waals surface area contributed by atoms with E-state index in [1.165, 1.54) is 16.7 Å². The zero-order valence-electron chi connectivity index (χ0n) is 24.4. The summed E-state index contributed by atoms with van der Waals surface area (Å²) >= 11 is 6.73. The molecule has 0 unspecified atom stereocenters. The number of alkyl halides is 3. The van der Waals surface area contributed by atoms with Crippen molar-refractivity contribution in [2.75, 3.05) is 0 Å². The van der Waals surface area contributed by atoms with Gasteiger partial charge in [-0.05, 0) is 47.9 Å². The molecular formula is C37H27ClF3NO3S. The Morgan fingerprint density at radius 1 is 0.630 bits per heavy atom. The molecule has 0 bridgehead atoms. The molecule has 0 aliphatic carbocycles. The molecule has 46 heavy (non-hydrogen) atoms. The lowest BCUT2D eigenvalue weighted by Crippen LogP contribution is -2.37. The quantitative estimate of drug-likeness (QED) is 0.105. The number of aromatic nitrogens is 1. The fraction of sp³-hybridized carbons (Fsp3) is 0.0541. The minimum atomic E-state index is -6.09. The molecule has 6 aromatic rings. The average molecular weight is 658 g/mol. The van der Waals surface area contributed by atoms with Crippen LogP contribution in [-0.4, -0.2) is 18.5 Å². The summed E-state index contributed by atoms with van der Waals surface area (Å²) in [5, 5.41) is 0.751. The van der Waals surface area contributed by atoms with Crippen molar-refractivity contribution < 1.29 is 30.7 Å². The molecule has 0 spiro atoms. The molecule has 232 valence electrons. The summed E-state index contributed by atoms with van der Waals surface area (Å²) in [4.78, 5) is 0. The van der Waals surface area contributed by atoms with Gasteiger partial charge in [-0.1, -0.05) is 115 Å². The molecule has 0 saturated carbocycles. The number of hydrogen-bond acceptors (Lipinski definition) is 3. The van der Waals surface area contributed by atoms with Crippen molar-refractivity contribution in [3.05, 3.63) is 156 Å². The van der Waals surface area contributed by atoms with Crippen LogP contribution in [0.2, 0.25) is 5.02 Å². The van der Waals surface area contributed by atoms with Crippen LogP contribution in [0.3, 0.4) is 0 Å². The van der Waals surface area contributed by atoms with Crippen molar-refractivity contribution in [1.82, 2.24) is 0 Å². The van der Waals surface area contributed by atoms with E-state index in [0.29, 0.717) is 0 Å². The summed E-state index contributed by atoms with van der Waals surface area (Å²) in [6, 6.07) is 51.3. The molecule has 0 fully saturated rings. The highest BCUT2D eigenvalue weighted by Gasteiger charge is 2.37. The molecule has 6 rings (SSSR count). The van der Waals surface area contributed by atoms with E-state index in [1.54, 1.807) is 0 Å². The van der Waals surface area contributed by atoms with Gasteiger partial charge in [0.15, 0.2) is 10.1 Å². The third kappa shape index (κ3) is 7.21. The molecule has 4 nitrogen and oxygen atoms in total. The average Bonchev–Trinajstić information content (AvgIpc) is 3.06. The summed E-state index contributed by atoms with van der Waals surface area (Å²) in [5.41, 5.74) is 5.64. The maximum atomic E-state index is 10.7. The van der Waals surface area contributed by atoms with E-state index in [-0.39, 0.29) is 0 Å². The first-order valence-corrected chi connectivity index (χ1v) is 15.9. The monoisotopic (exact) mass is 657 g/mol. The Morgan fingerprint density at radius 2 is 1.07 bits per heavy atom. The lowest BCUT2D eigenvalue weighted by molar-refractivity contribution is -0.571. The second-order valence-electron chi connectivity index (χ2n) is 10.3. The van der Waals surface area contributed by atoms with E-state index >= 15 is 0 Å². The predicted molar refractivity (Wildman–Crippen MR) is 175 cm³/mol. The molecule has 0 saturated heterocycles. The van der Waals surface area contributed by atoms with Gasteiger partial charge in [0.1, 0.15) is 0 Å². The Labute approximate surface area is 270 Å². The Kier molecular flexibility index (Phi) is 9.72. The number of halogens is 4. The van der Waals surface area contributed by atoms with Crippen LogP contribution in [0.15, 0.2) is 146 Å². The maximum absolute atomic E-state index is 10.7. The van der Waals surface area contributed by atoms with E-state index in [0.717, 1.165) is 44.4 Å². The zero-order chi connectivity index (χ0) is 32.9. The summed E-state index contributed by atoms with van der Waals surface area (Å²) in [6.07, 6.45) is 0. The van der Waals surface area contributed by atoms with E-state index < -0.39 is 15.6 Å². The van der Waals surface area contributed by atoms with Gasteiger partial charge in [0, 0.05) is 34.9 Å². The molecule has 1 heterocycles. The smallest absolute Gasteiger partial charge is 0.485 e. The number of nitrogens with zero attached hydrogens (tertiary/aromatic N) is 1. The molecule has 0 amide bonds. The van der Waals surface area contributed by atoms with Crippen LogP contribution >= 0.6 is 11.6 Å². The van der Waals surface area contributed by atoms with Crippen LogP contribution in [0.25, 0.3) is 50.5 Å². The number of aryl methyl sites for hydroxylation is 1. The van der Waals surface area contributed by atoms with Crippen LogP contribution in [0.1, 0.15) is 5.56 Å². The van der Waals surface area contributed by atoms with E-state index in [1.807, 2.05) is 6.92 Å². The van der Waals surface area contributed by atoms with Crippen LogP contribution in [-0.2, 0) is 10.1 Å². The van der Waals surface area contributed by atoms with Gasteiger partial charge in [-0.15, -0.1) is 0 Å². The first kappa shape index (κ1) is 32.6. The van der Waals surface area contributed by atoms with E-state index in [9.17, 15) is 13.2 Å². The number of rotatable bonds is 5. The van der Waals surface area contributed by atoms with Crippen LogP contribution in [0, 0.1) is 6.92 Å². The van der Waals surface area contributed by atoms with Gasteiger partial charge in [0.25, 0.3) is 0 Å². The number of hydrogen-bond donors (Lipinski definition) is 0. The minimum Gasteiger partial charge on any atom is -0.741 e. The molecule has 0 N–H and O–H groups in total. The van der Waals surface area contributed by atoms with Crippen molar-refractivity contribution in [2.45, 2.75) is 12.4 Å². The standard InChI is InChI=1S/C36H27ClN.CHF3O3S/c1-26-22-23-31(24-33(26)37)38-34(28-16-8-3-9-17-28)25-32(27-14-6-2-7-15-27)35(29-18-10-4-11-19-29)36(38)30-20-12-5-13-21-30;2-1(3,4)8(5,6)7/h2-25H,1H3;(H,5,6,7)/q+1;/p-1. The first-order valence-electron chi connectivity index (χ1n) is 14.1. The van der Waals surface area contributed by atoms with Crippen LogP contribution < -0.4 is 4.57 Å². The Hall–Kier alpha value is -4.76. The summed E-state index contributed by atoms with van der Waals surface area (Å²) < 4.78 is 61.3. The van der Waals surface area contributed by atoms with Crippen LogP contribution in [0.5, 0.6) is 0 Å². The summed E-state index contributed by atoms with van der Waals surface area (Å²) in [6.45, 7) is 2.04. The number of pyridine rings is 1. The molecule has 0 atom stereocenters. The van der Waals surface area contributed by atoms with Crippen molar-refractivity contribution in [3.63, 3.8) is 0 Å². The van der Waals surface area contributed by atoms with E-state index in [2.05, 4.69) is 150 Å². The van der Waals surface area contributed by atoms with Gasteiger partial charge in [0.05, 0.1) is 10.6 Å². The second kappa shape index (κ2) is 13.7. The van der Waals surface area contributed by atoms with Crippen molar-refractivity contribution in [3.8, 4) is 50.5 Å². The lowest BCUT2D eigenvalue weighted by Gasteiger charge is -2.18. The van der Waals surface area contributed by atoms with Gasteiger partial charge in [-0.2, -0.15) is 17.7 Å². The highest BCUT2D eigenvalue weighted by molar-refractivity contribution is 7.86. The highest BCUT2D eigenvalue weighted by Crippen LogP contribution is 2.41. The molecule has 5 aromatic carbocycles. The zero-order valence-corrected chi connectivity index (χ0v) is 26.0. The fourth-order valence-corrected chi connectivity index (χ4v) is 5.23. The third-order valence-electron chi connectivity index (χ3n) is 7.21. The molecule has 1 aromatic heterocycles. The Bertz CT molecular complexity index is 2060. The normalized spacial score (nSPS) is 11.4. The Morgan fingerprint density at radius 3 is 1.52 bits per heavy atom. The molecular weight excluding hydrogens is 631 g/mol. The third-order valence-corrected chi connectivity index (χ3v) is 8.19. The fourth-order valence-electron chi connectivity index (χ4n) is 5.06. The highest BCUT2D eigenvalue weighted by atomic mass is 35.5. The largest absolute Gasteiger partial charge is 0.741 e. The lowest BCUT2D eigenvalue weighted by atomic mass is 9.88. The van der Waals surface area contributed by atoms with Gasteiger partial charge < -0.3 is 4.55 Å². The van der Waals surface area contributed by atoms with Crippen molar-refractivity contribution in [2.24, 2.45) is 0 Å². The minimum absolute atomic E-state index is 0.751. The van der Waals surface area contributed by atoms with Gasteiger partial charge in [-0.25, -0.2) is 8.42 Å². The Balaban J connectivity index is 0.000000463. The van der Waals surface area contributed by atoms with Crippen LogP contribution in [0.4, 0.5) is 13.2 Å².